The van der Waals surface area contributed by atoms with Gasteiger partial charge in [-0.3, -0.25) is 9.56 Å². The molecule has 2 aromatic rings. The van der Waals surface area contributed by atoms with E-state index in [-0.39, 0.29) is 29.7 Å². The van der Waals surface area contributed by atoms with Crippen molar-refractivity contribution in [3.63, 3.8) is 0 Å². The molecule has 1 aromatic carbocycles. The van der Waals surface area contributed by atoms with Gasteiger partial charge < -0.3 is 10.6 Å². The summed E-state index contributed by atoms with van der Waals surface area (Å²) in [5, 5.41) is 11.1. The molecule has 0 radical (unpaired) electrons. The highest BCUT2D eigenvalue weighted by Crippen LogP contribution is 2.09. The number of nitrogens with zero attached hydrogens (tertiary/aromatic N) is 4. The third-order valence-electron chi connectivity index (χ3n) is 4.87. The van der Waals surface area contributed by atoms with Gasteiger partial charge in [0.15, 0.2) is 5.96 Å². The zero-order valence-corrected chi connectivity index (χ0v) is 18.9. The number of rotatable bonds is 8. The number of aromatic nitrogens is 3. The zero-order chi connectivity index (χ0) is 18.9. The first-order valence-electron chi connectivity index (χ1n) is 9.93. The number of benzene rings is 1. The molecule has 3 rings (SSSR count). The summed E-state index contributed by atoms with van der Waals surface area (Å²) < 4.78 is 3.43. The Labute approximate surface area is 183 Å². The molecule has 0 bridgehead atoms. The molecule has 0 unspecified atom stereocenters. The second kappa shape index (κ2) is 11.9. The molecule has 28 heavy (non-hydrogen) atoms. The van der Waals surface area contributed by atoms with Crippen LogP contribution >= 0.6 is 24.0 Å². The van der Waals surface area contributed by atoms with Crippen LogP contribution in [0, 0.1) is 0 Å². The molecule has 0 fully saturated rings. The summed E-state index contributed by atoms with van der Waals surface area (Å²) in [4.78, 5) is 16.6. The summed E-state index contributed by atoms with van der Waals surface area (Å²) in [6.07, 6.45) is 6.07. The van der Waals surface area contributed by atoms with Crippen molar-refractivity contribution in [3.05, 3.63) is 52.2 Å². The normalized spacial score (nSPS) is 13.5. The van der Waals surface area contributed by atoms with E-state index >= 15 is 0 Å². The first-order chi connectivity index (χ1) is 13.3. The smallest absolute Gasteiger partial charge is 0.345 e. The largest absolute Gasteiger partial charge is 0.356 e. The highest BCUT2D eigenvalue weighted by Gasteiger charge is 2.16. The van der Waals surface area contributed by atoms with Gasteiger partial charge in [-0.2, -0.15) is 5.10 Å². The third-order valence-corrected chi connectivity index (χ3v) is 4.87. The minimum absolute atomic E-state index is 0. The van der Waals surface area contributed by atoms with E-state index in [2.05, 4.69) is 45.0 Å². The van der Waals surface area contributed by atoms with Crippen molar-refractivity contribution in [2.45, 2.75) is 51.6 Å². The molecule has 0 spiro atoms. The van der Waals surface area contributed by atoms with E-state index in [4.69, 9.17) is 0 Å². The third kappa shape index (κ3) is 6.35. The fourth-order valence-corrected chi connectivity index (χ4v) is 3.39. The molecule has 0 amide bonds. The van der Waals surface area contributed by atoms with Crippen molar-refractivity contribution in [1.82, 2.24) is 25.0 Å². The number of aryl methyl sites for hydroxylation is 3. The number of halogens is 1. The highest BCUT2D eigenvalue weighted by atomic mass is 127. The lowest BCUT2D eigenvalue weighted by atomic mass is 10.1. The lowest BCUT2D eigenvalue weighted by molar-refractivity contribution is 0.509. The van der Waals surface area contributed by atoms with Crippen molar-refractivity contribution >= 4 is 29.9 Å². The quantitative estimate of drug-likeness (QED) is 0.253. The van der Waals surface area contributed by atoms with Crippen molar-refractivity contribution in [3.8, 4) is 0 Å². The van der Waals surface area contributed by atoms with Gasteiger partial charge in [0.05, 0.1) is 0 Å². The SMILES string of the molecule is CN=C(NCCCc1ccccc1)NCCCn1nc2n(c1=O)CCCC2.I. The standard InChI is InChI=1S/C20H30N6O.HI/c1-21-19(22-13-7-11-17-9-3-2-4-10-17)23-14-8-16-26-20(27)25-15-6-5-12-18(25)24-26;/h2-4,9-10H,5-8,11-16H2,1H3,(H2,21,22,23);1H. The first kappa shape index (κ1) is 22.4. The zero-order valence-electron chi connectivity index (χ0n) is 16.6. The van der Waals surface area contributed by atoms with E-state index in [1.807, 2.05) is 10.6 Å². The van der Waals surface area contributed by atoms with Crippen molar-refractivity contribution < 1.29 is 0 Å². The topological polar surface area (TPSA) is 76.2 Å². The van der Waals surface area contributed by atoms with Gasteiger partial charge >= 0.3 is 5.69 Å². The number of nitrogens with one attached hydrogen (secondary N) is 2. The second-order valence-corrected chi connectivity index (χ2v) is 6.90. The van der Waals surface area contributed by atoms with Crippen LogP contribution < -0.4 is 16.3 Å². The second-order valence-electron chi connectivity index (χ2n) is 6.90. The first-order valence-corrected chi connectivity index (χ1v) is 9.93. The van der Waals surface area contributed by atoms with Crippen molar-refractivity contribution in [2.75, 3.05) is 20.1 Å². The predicted octanol–water partition coefficient (Wildman–Crippen LogP) is 2.19. The predicted molar refractivity (Wildman–Crippen MR) is 124 cm³/mol. The van der Waals surface area contributed by atoms with Crippen LogP contribution in [0.5, 0.6) is 0 Å². The molecular weight excluding hydrogens is 467 g/mol. The lowest BCUT2D eigenvalue weighted by Gasteiger charge is -2.11. The van der Waals surface area contributed by atoms with E-state index in [0.717, 1.165) is 69.9 Å². The van der Waals surface area contributed by atoms with Gasteiger partial charge in [-0.05, 0) is 37.7 Å². The molecule has 2 heterocycles. The maximum atomic E-state index is 12.3. The van der Waals surface area contributed by atoms with Gasteiger partial charge in [0.1, 0.15) is 5.82 Å². The van der Waals surface area contributed by atoms with Gasteiger partial charge in [-0.25, -0.2) is 9.48 Å². The Balaban J connectivity index is 0.00000280. The summed E-state index contributed by atoms with van der Waals surface area (Å²) in [6.45, 7) is 3.08. The molecule has 154 valence electrons. The molecule has 1 aromatic heterocycles. The number of aliphatic imine (C=N–C) groups is 1. The van der Waals surface area contributed by atoms with E-state index in [1.165, 1.54) is 5.56 Å². The summed E-state index contributed by atoms with van der Waals surface area (Å²) in [7, 11) is 1.78. The molecule has 0 saturated carbocycles. The number of fused-ring (bicyclic) bond motifs is 1. The summed E-state index contributed by atoms with van der Waals surface area (Å²) in [6, 6.07) is 10.5. The van der Waals surface area contributed by atoms with E-state index in [0.29, 0.717) is 6.54 Å². The van der Waals surface area contributed by atoms with Gasteiger partial charge in [-0.1, -0.05) is 30.3 Å². The van der Waals surface area contributed by atoms with Crippen LogP contribution in [-0.2, 0) is 25.9 Å². The van der Waals surface area contributed by atoms with E-state index in [1.54, 1.807) is 11.7 Å². The fraction of sp³-hybridized carbons (Fsp3) is 0.550. The van der Waals surface area contributed by atoms with Crippen LogP contribution in [0.4, 0.5) is 0 Å². The monoisotopic (exact) mass is 498 g/mol. The molecule has 2 N–H and O–H groups in total. The molecule has 7 nitrogen and oxygen atoms in total. The Morgan fingerprint density at radius 2 is 1.89 bits per heavy atom. The minimum atomic E-state index is 0. The van der Waals surface area contributed by atoms with Crippen LogP contribution in [0.1, 0.15) is 37.1 Å². The average Bonchev–Trinajstić information content (AvgIpc) is 3.03. The molecular formula is C20H31IN6O. The molecule has 0 saturated heterocycles. The Hall–Kier alpha value is -1.84. The maximum absolute atomic E-state index is 12.3. The van der Waals surface area contributed by atoms with Crippen molar-refractivity contribution in [2.24, 2.45) is 4.99 Å². The lowest BCUT2D eigenvalue weighted by Crippen LogP contribution is -2.38. The number of hydrogen-bond donors (Lipinski definition) is 2. The Bertz CT molecular complexity index is 799. The number of guanidine groups is 1. The van der Waals surface area contributed by atoms with Gasteiger partial charge in [0, 0.05) is 39.6 Å². The van der Waals surface area contributed by atoms with Crippen LogP contribution in [0.2, 0.25) is 0 Å². The Morgan fingerprint density at radius 3 is 2.61 bits per heavy atom. The summed E-state index contributed by atoms with van der Waals surface area (Å²) in [5.41, 5.74) is 1.39. The molecule has 0 aliphatic carbocycles. The molecule has 8 heteroatoms. The molecule has 1 aliphatic rings. The summed E-state index contributed by atoms with van der Waals surface area (Å²) >= 11 is 0. The number of hydrogen-bond acceptors (Lipinski definition) is 3. The Kier molecular flexibility index (Phi) is 9.52. The minimum Gasteiger partial charge on any atom is -0.356 e. The van der Waals surface area contributed by atoms with Gasteiger partial charge in [0.2, 0.25) is 0 Å². The summed E-state index contributed by atoms with van der Waals surface area (Å²) in [5.74, 6) is 1.75. The van der Waals surface area contributed by atoms with Crippen molar-refractivity contribution in [1.29, 1.82) is 0 Å². The molecule has 1 aliphatic heterocycles. The van der Waals surface area contributed by atoms with Gasteiger partial charge in [-0.15, -0.1) is 24.0 Å². The van der Waals surface area contributed by atoms with Crippen LogP contribution in [0.25, 0.3) is 0 Å². The average molecular weight is 498 g/mol. The highest BCUT2D eigenvalue weighted by molar-refractivity contribution is 14.0. The van der Waals surface area contributed by atoms with Crippen LogP contribution in [0.3, 0.4) is 0 Å². The van der Waals surface area contributed by atoms with Gasteiger partial charge in [0.25, 0.3) is 0 Å². The van der Waals surface area contributed by atoms with Crippen LogP contribution in [-0.4, -0.2) is 40.4 Å². The molecule has 0 atom stereocenters. The Morgan fingerprint density at radius 1 is 1.14 bits per heavy atom. The fourth-order valence-electron chi connectivity index (χ4n) is 3.39. The maximum Gasteiger partial charge on any atom is 0.345 e. The van der Waals surface area contributed by atoms with Crippen LogP contribution in [0.15, 0.2) is 40.1 Å². The van der Waals surface area contributed by atoms with E-state index in [9.17, 15) is 4.79 Å². The van der Waals surface area contributed by atoms with E-state index < -0.39 is 0 Å².